The molecule has 1 aliphatic carbocycles. The Morgan fingerprint density at radius 1 is 1.15 bits per heavy atom. The summed E-state index contributed by atoms with van der Waals surface area (Å²) in [6, 6.07) is 7.78. The molecule has 0 unspecified atom stereocenters. The van der Waals surface area contributed by atoms with Crippen LogP contribution in [0.2, 0.25) is 0 Å². The number of nitrogens with zero attached hydrogens (tertiary/aromatic N) is 3. The predicted octanol–water partition coefficient (Wildman–Crippen LogP) is 1.53. The molecule has 1 aromatic heterocycles. The van der Waals surface area contributed by atoms with E-state index in [1.165, 1.54) is 4.90 Å². The number of rotatable bonds is 5. The van der Waals surface area contributed by atoms with E-state index in [2.05, 4.69) is 10.3 Å². The van der Waals surface area contributed by atoms with Crippen LogP contribution in [-0.4, -0.2) is 38.7 Å². The third-order valence-corrected chi connectivity index (χ3v) is 5.48. The van der Waals surface area contributed by atoms with Gasteiger partial charge < -0.3 is 9.88 Å². The SMILES string of the molecule is Cn1c(CNC(=O)CCN2C(=O)[C@H]3CC=CC[C@H]3C2=O)nc2ccccc21. The minimum atomic E-state index is -0.245. The molecule has 2 heterocycles. The Hall–Kier alpha value is -2.96. The smallest absolute Gasteiger partial charge is 0.233 e. The molecule has 7 heteroatoms. The number of aromatic nitrogens is 2. The molecule has 1 N–H and O–H groups in total. The first-order valence-corrected chi connectivity index (χ1v) is 9.23. The number of likely N-dealkylation sites (tertiary alicyclic amines) is 1. The number of nitrogens with one attached hydrogen (secondary N) is 1. The molecule has 1 aliphatic heterocycles. The van der Waals surface area contributed by atoms with E-state index in [4.69, 9.17) is 0 Å². The average Bonchev–Trinajstić information content (AvgIpc) is 3.14. The fourth-order valence-corrected chi connectivity index (χ4v) is 3.92. The van der Waals surface area contributed by atoms with Crippen LogP contribution in [0, 0.1) is 11.8 Å². The van der Waals surface area contributed by atoms with E-state index < -0.39 is 0 Å². The van der Waals surface area contributed by atoms with Crippen LogP contribution >= 0.6 is 0 Å². The number of imide groups is 1. The predicted molar refractivity (Wildman–Crippen MR) is 99.3 cm³/mol. The van der Waals surface area contributed by atoms with E-state index in [0.717, 1.165) is 16.9 Å². The zero-order valence-electron chi connectivity index (χ0n) is 15.2. The number of hydrogen-bond acceptors (Lipinski definition) is 4. The van der Waals surface area contributed by atoms with Gasteiger partial charge in [0.1, 0.15) is 5.82 Å². The van der Waals surface area contributed by atoms with Gasteiger partial charge in [-0.05, 0) is 25.0 Å². The largest absolute Gasteiger partial charge is 0.349 e. The molecule has 3 amide bonds. The summed E-state index contributed by atoms with van der Waals surface area (Å²) in [4.78, 5) is 42.8. The molecular weight excluding hydrogens is 344 g/mol. The van der Waals surface area contributed by atoms with E-state index in [1.54, 1.807) is 0 Å². The number of hydrogen-bond donors (Lipinski definition) is 1. The van der Waals surface area contributed by atoms with Gasteiger partial charge in [0.25, 0.3) is 0 Å². The Morgan fingerprint density at radius 2 is 1.81 bits per heavy atom. The van der Waals surface area contributed by atoms with Crippen molar-refractivity contribution in [3.8, 4) is 0 Å². The first-order chi connectivity index (χ1) is 13.1. The van der Waals surface area contributed by atoms with Crippen molar-refractivity contribution in [3.63, 3.8) is 0 Å². The average molecular weight is 366 g/mol. The lowest BCUT2D eigenvalue weighted by Gasteiger charge is -2.14. The van der Waals surface area contributed by atoms with Crippen molar-refractivity contribution in [2.45, 2.75) is 25.8 Å². The highest BCUT2D eigenvalue weighted by molar-refractivity contribution is 6.05. The van der Waals surface area contributed by atoms with Crippen LogP contribution in [0.1, 0.15) is 25.1 Å². The fourth-order valence-electron chi connectivity index (χ4n) is 3.92. The quantitative estimate of drug-likeness (QED) is 0.642. The Kier molecular flexibility index (Phi) is 4.51. The lowest BCUT2D eigenvalue weighted by molar-refractivity contribution is -0.140. The van der Waals surface area contributed by atoms with Gasteiger partial charge >= 0.3 is 0 Å². The third kappa shape index (κ3) is 3.13. The minimum Gasteiger partial charge on any atom is -0.349 e. The molecule has 0 saturated carbocycles. The molecule has 0 bridgehead atoms. The van der Waals surface area contributed by atoms with Crippen molar-refractivity contribution in [1.82, 2.24) is 19.8 Å². The van der Waals surface area contributed by atoms with Crippen molar-refractivity contribution >= 4 is 28.8 Å². The Morgan fingerprint density at radius 3 is 2.48 bits per heavy atom. The maximum atomic E-state index is 12.4. The Bertz CT molecular complexity index is 920. The van der Waals surface area contributed by atoms with E-state index in [9.17, 15) is 14.4 Å². The molecule has 27 heavy (non-hydrogen) atoms. The molecule has 0 radical (unpaired) electrons. The molecule has 4 rings (SSSR count). The van der Waals surface area contributed by atoms with Gasteiger partial charge in [-0.25, -0.2) is 4.98 Å². The number of imidazole rings is 1. The van der Waals surface area contributed by atoms with Crippen LogP contribution in [0.3, 0.4) is 0 Å². The van der Waals surface area contributed by atoms with Gasteiger partial charge in [0, 0.05) is 20.0 Å². The van der Waals surface area contributed by atoms with Crippen molar-refractivity contribution in [2.24, 2.45) is 18.9 Å². The summed E-state index contributed by atoms with van der Waals surface area (Å²) < 4.78 is 1.95. The third-order valence-electron chi connectivity index (χ3n) is 5.48. The monoisotopic (exact) mass is 366 g/mol. The number of carbonyl (C=O) groups excluding carboxylic acids is 3. The summed E-state index contributed by atoms with van der Waals surface area (Å²) in [7, 11) is 1.91. The van der Waals surface area contributed by atoms with E-state index in [0.29, 0.717) is 19.4 Å². The highest BCUT2D eigenvalue weighted by Gasteiger charge is 2.46. The molecule has 1 fully saturated rings. The van der Waals surface area contributed by atoms with Gasteiger partial charge in [-0.2, -0.15) is 0 Å². The molecular formula is C20H22N4O3. The van der Waals surface area contributed by atoms with Gasteiger partial charge in [-0.3, -0.25) is 19.3 Å². The zero-order valence-corrected chi connectivity index (χ0v) is 15.2. The molecule has 2 aliphatic rings. The lowest BCUT2D eigenvalue weighted by atomic mass is 9.85. The Balaban J connectivity index is 1.33. The van der Waals surface area contributed by atoms with Crippen LogP contribution in [0.5, 0.6) is 0 Å². The van der Waals surface area contributed by atoms with Gasteiger partial charge in [-0.1, -0.05) is 24.3 Å². The van der Waals surface area contributed by atoms with Gasteiger partial charge in [0.15, 0.2) is 0 Å². The highest BCUT2D eigenvalue weighted by Crippen LogP contribution is 2.34. The molecule has 1 aromatic carbocycles. The number of para-hydroxylation sites is 2. The van der Waals surface area contributed by atoms with Crippen molar-refractivity contribution in [3.05, 3.63) is 42.2 Å². The molecule has 2 aromatic rings. The first-order valence-electron chi connectivity index (χ1n) is 9.23. The summed E-state index contributed by atoms with van der Waals surface area (Å²) in [5.74, 6) is -0.211. The number of allylic oxidation sites excluding steroid dienone is 2. The lowest BCUT2D eigenvalue weighted by Crippen LogP contribution is -2.35. The van der Waals surface area contributed by atoms with E-state index in [-0.39, 0.29) is 42.5 Å². The molecule has 140 valence electrons. The van der Waals surface area contributed by atoms with Crippen molar-refractivity contribution in [2.75, 3.05) is 6.54 Å². The fraction of sp³-hybridized carbons (Fsp3) is 0.400. The number of benzene rings is 1. The van der Waals surface area contributed by atoms with Crippen LogP contribution in [-0.2, 0) is 28.0 Å². The van der Waals surface area contributed by atoms with Crippen LogP contribution in [0.25, 0.3) is 11.0 Å². The number of fused-ring (bicyclic) bond motifs is 2. The molecule has 7 nitrogen and oxygen atoms in total. The van der Waals surface area contributed by atoms with Gasteiger partial charge in [0.2, 0.25) is 17.7 Å². The molecule has 1 saturated heterocycles. The summed E-state index contributed by atoms with van der Waals surface area (Å²) in [6.07, 6.45) is 5.25. The van der Waals surface area contributed by atoms with Crippen molar-refractivity contribution < 1.29 is 14.4 Å². The van der Waals surface area contributed by atoms with Gasteiger partial charge in [-0.15, -0.1) is 0 Å². The highest BCUT2D eigenvalue weighted by atomic mass is 16.2. The Labute approximate surface area is 157 Å². The second-order valence-corrected chi connectivity index (χ2v) is 7.09. The standard InChI is InChI=1S/C20H22N4O3/c1-23-16-9-5-4-8-15(16)22-17(23)12-21-18(25)10-11-24-19(26)13-6-2-3-7-14(13)20(24)27/h2-5,8-9,13-14H,6-7,10-12H2,1H3,(H,21,25)/t13-,14+. The second-order valence-electron chi connectivity index (χ2n) is 7.09. The number of aryl methyl sites for hydroxylation is 1. The number of amides is 3. The second kappa shape index (κ2) is 6.98. The van der Waals surface area contributed by atoms with Crippen molar-refractivity contribution in [1.29, 1.82) is 0 Å². The first kappa shape index (κ1) is 17.5. The maximum Gasteiger partial charge on any atom is 0.233 e. The summed E-state index contributed by atoms with van der Waals surface area (Å²) >= 11 is 0. The van der Waals surface area contributed by atoms with Crippen LogP contribution in [0.15, 0.2) is 36.4 Å². The molecule has 0 spiro atoms. The number of carbonyl (C=O) groups is 3. The summed E-state index contributed by atoms with van der Waals surface area (Å²) in [5.41, 5.74) is 1.89. The zero-order chi connectivity index (χ0) is 19.0. The summed E-state index contributed by atoms with van der Waals surface area (Å²) in [5, 5.41) is 2.83. The topological polar surface area (TPSA) is 84.3 Å². The van der Waals surface area contributed by atoms with Crippen LogP contribution in [0.4, 0.5) is 0 Å². The van der Waals surface area contributed by atoms with E-state index in [1.807, 2.05) is 48.0 Å². The van der Waals surface area contributed by atoms with Crippen LogP contribution < -0.4 is 5.32 Å². The van der Waals surface area contributed by atoms with E-state index >= 15 is 0 Å². The normalized spacial score (nSPS) is 21.7. The molecule has 2 atom stereocenters. The minimum absolute atomic E-state index is 0.105. The maximum absolute atomic E-state index is 12.4. The van der Waals surface area contributed by atoms with Gasteiger partial charge in [0.05, 0.1) is 29.4 Å². The summed E-state index contributed by atoms with van der Waals surface area (Å²) in [6.45, 7) is 0.445.